The molecule has 1 aromatic heterocycles. The fourth-order valence-electron chi connectivity index (χ4n) is 3.56. The van der Waals surface area contributed by atoms with Crippen LogP contribution in [-0.4, -0.2) is 45.0 Å². The van der Waals surface area contributed by atoms with Crippen molar-refractivity contribution in [1.29, 1.82) is 0 Å². The van der Waals surface area contributed by atoms with E-state index in [1.54, 1.807) is 12.1 Å². The van der Waals surface area contributed by atoms with Gasteiger partial charge in [-0.3, -0.25) is 9.59 Å². The fraction of sp³-hybridized carbons (Fsp3) is 0.333. The average molecular weight is 431 g/mol. The molecule has 3 aromatic rings. The number of carbonyl (C=O) groups is 2. The molecule has 0 aliphatic carbocycles. The van der Waals surface area contributed by atoms with Crippen molar-refractivity contribution >= 4 is 49.3 Å². The van der Waals surface area contributed by atoms with Crippen molar-refractivity contribution < 1.29 is 31.9 Å². The number of anilines is 1. The van der Waals surface area contributed by atoms with Crippen molar-refractivity contribution in [2.24, 2.45) is 5.92 Å². The highest BCUT2D eigenvalue weighted by atomic mass is 32.2. The van der Waals surface area contributed by atoms with Crippen LogP contribution in [0.2, 0.25) is 0 Å². The maximum absolute atomic E-state index is 12.6. The second-order valence-corrected chi connectivity index (χ2v) is 9.54. The Labute approximate surface area is 173 Å². The molecule has 2 atom stereocenters. The number of rotatable bonds is 5. The highest BCUT2D eigenvalue weighted by Gasteiger charge is 2.35. The fourth-order valence-corrected chi connectivity index (χ4v) is 5.28. The van der Waals surface area contributed by atoms with Crippen molar-refractivity contribution in [1.82, 2.24) is 0 Å². The number of nitrogens with one attached hydrogen (secondary N) is 1. The van der Waals surface area contributed by atoms with Gasteiger partial charge in [0.05, 0.1) is 30.2 Å². The van der Waals surface area contributed by atoms with E-state index in [2.05, 4.69) is 5.32 Å². The molecule has 1 aliphatic heterocycles. The largest absolute Gasteiger partial charge is 0.495 e. The van der Waals surface area contributed by atoms with E-state index in [-0.39, 0.29) is 17.9 Å². The Balaban J connectivity index is 1.52. The Bertz CT molecular complexity index is 1240. The van der Waals surface area contributed by atoms with E-state index in [1.807, 2.05) is 24.3 Å². The van der Waals surface area contributed by atoms with Gasteiger partial charge in [-0.1, -0.05) is 18.2 Å². The summed E-state index contributed by atoms with van der Waals surface area (Å²) in [6, 6.07) is 11.0. The van der Waals surface area contributed by atoms with Gasteiger partial charge in [0.25, 0.3) is 5.91 Å². The number of methoxy groups -OCH3 is 1. The molecule has 2 aromatic carbocycles. The number of sulfone groups is 1. The number of amides is 1. The third-order valence-corrected chi connectivity index (χ3v) is 6.95. The molecule has 1 fully saturated rings. The van der Waals surface area contributed by atoms with Gasteiger partial charge in [0.2, 0.25) is 0 Å². The number of furan rings is 1. The minimum absolute atomic E-state index is 0.0396. The zero-order valence-electron chi connectivity index (χ0n) is 16.5. The first kappa shape index (κ1) is 20.2. The molecule has 1 aliphatic rings. The van der Waals surface area contributed by atoms with Gasteiger partial charge >= 0.3 is 5.97 Å². The van der Waals surface area contributed by atoms with Crippen molar-refractivity contribution in [3.8, 4) is 5.75 Å². The first-order chi connectivity index (χ1) is 14.3. The normalized spacial score (nSPS) is 18.9. The van der Waals surface area contributed by atoms with Gasteiger partial charge in [0.15, 0.2) is 15.9 Å². The predicted molar refractivity (Wildman–Crippen MR) is 111 cm³/mol. The van der Waals surface area contributed by atoms with Gasteiger partial charge in [-0.05, 0) is 25.5 Å². The van der Waals surface area contributed by atoms with Crippen LogP contribution >= 0.6 is 0 Å². The summed E-state index contributed by atoms with van der Waals surface area (Å²) >= 11 is 0. The number of carbonyl (C=O) groups excluding carboxylic acids is 2. The molecule has 0 radical (unpaired) electrons. The zero-order valence-corrected chi connectivity index (χ0v) is 17.3. The summed E-state index contributed by atoms with van der Waals surface area (Å²) in [6.45, 7) is 1.43. The van der Waals surface area contributed by atoms with E-state index in [9.17, 15) is 18.0 Å². The van der Waals surface area contributed by atoms with Gasteiger partial charge in [0, 0.05) is 16.8 Å². The second-order valence-electron chi connectivity index (χ2n) is 7.32. The van der Waals surface area contributed by atoms with Gasteiger partial charge in [-0.25, -0.2) is 8.42 Å². The lowest BCUT2D eigenvalue weighted by Gasteiger charge is -2.16. The number of ether oxygens (including phenoxy) is 2. The van der Waals surface area contributed by atoms with Crippen LogP contribution in [0.5, 0.6) is 5.75 Å². The summed E-state index contributed by atoms with van der Waals surface area (Å²) < 4.78 is 39.5. The van der Waals surface area contributed by atoms with Crippen molar-refractivity contribution in [3.05, 3.63) is 36.4 Å². The summed E-state index contributed by atoms with van der Waals surface area (Å²) in [6.07, 6.45) is -0.886. The van der Waals surface area contributed by atoms with Gasteiger partial charge in [-0.2, -0.15) is 0 Å². The summed E-state index contributed by atoms with van der Waals surface area (Å²) in [7, 11) is -1.73. The molecular weight excluding hydrogens is 410 g/mol. The molecule has 4 rings (SSSR count). The topological polar surface area (TPSA) is 112 Å². The third kappa shape index (κ3) is 3.85. The van der Waals surface area contributed by atoms with Crippen LogP contribution in [0.25, 0.3) is 21.9 Å². The Morgan fingerprint density at radius 3 is 2.63 bits per heavy atom. The molecule has 0 saturated carbocycles. The molecule has 0 bridgehead atoms. The number of para-hydroxylation sites is 1. The first-order valence-corrected chi connectivity index (χ1v) is 11.3. The minimum atomic E-state index is -3.21. The molecular formula is C21H21NO7S. The van der Waals surface area contributed by atoms with Crippen molar-refractivity contribution in [2.75, 3.05) is 23.9 Å². The minimum Gasteiger partial charge on any atom is -0.495 e. The van der Waals surface area contributed by atoms with E-state index >= 15 is 0 Å². The third-order valence-electron chi connectivity index (χ3n) is 5.18. The Morgan fingerprint density at radius 2 is 1.93 bits per heavy atom. The number of benzene rings is 2. The number of esters is 1. The molecule has 30 heavy (non-hydrogen) atoms. The zero-order chi connectivity index (χ0) is 21.5. The smallest absolute Gasteiger partial charge is 0.310 e. The molecule has 9 heteroatoms. The lowest BCUT2D eigenvalue weighted by Crippen LogP contribution is -2.32. The number of hydrogen-bond donors (Lipinski definition) is 1. The van der Waals surface area contributed by atoms with Gasteiger partial charge < -0.3 is 19.2 Å². The van der Waals surface area contributed by atoms with Crippen LogP contribution in [0, 0.1) is 5.92 Å². The van der Waals surface area contributed by atoms with Gasteiger partial charge in [0.1, 0.15) is 16.9 Å². The van der Waals surface area contributed by atoms with E-state index < -0.39 is 33.7 Å². The maximum atomic E-state index is 12.6. The van der Waals surface area contributed by atoms with E-state index in [0.29, 0.717) is 22.6 Å². The summed E-state index contributed by atoms with van der Waals surface area (Å²) in [4.78, 5) is 24.8. The van der Waals surface area contributed by atoms with Crippen LogP contribution in [0.15, 0.2) is 40.8 Å². The molecule has 1 amide bonds. The summed E-state index contributed by atoms with van der Waals surface area (Å²) in [5, 5.41) is 4.47. The molecule has 2 unspecified atom stereocenters. The first-order valence-electron chi connectivity index (χ1n) is 9.48. The monoisotopic (exact) mass is 431 g/mol. The van der Waals surface area contributed by atoms with E-state index in [1.165, 1.54) is 14.0 Å². The molecule has 158 valence electrons. The Hall–Kier alpha value is -3.07. The van der Waals surface area contributed by atoms with Crippen LogP contribution in [0.1, 0.15) is 13.3 Å². The lowest BCUT2D eigenvalue weighted by atomic mass is 10.1. The van der Waals surface area contributed by atoms with E-state index in [0.717, 1.165) is 10.8 Å². The van der Waals surface area contributed by atoms with Crippen LogP contribution in [0.3, 0.4) is 0 Å². The molecule has 0 spiro atoms. The second kappa shape index (κ2) is 7.64. The summed E-state index contributed by atoms with van der Waals surface area (Å²) in [5.74, 6) is -1.82. The Morgan fingerprint density at radius 1 is 1.17 bits per heavy atom. The highest BCUT2D eigenvalue weighted by molar-refractivity contribution is 7.91. The quantitative estimate of drug-likeness (QED) is 0.618. The predicted octanol–water partition coefficient (Wildman–Crippen LogP) is 2.90. The molecule has 2 heterocycles. The van der Waals surface area contributed by atoms with Crippen molar-refractivity contribution in [2.45, 2.75) is 19.4 Å². The summed E-state index contributed by atoms with van der Waals surface area (Å²) in [5.41, 5.74) is 1.67. The molecule has 1 N–H and O–H groups in total. The SMILES string of the molecule is COc1cc2c(cc1NC(=O)C(C)OC(=O)C1CCS(=O)(=O)C1)oc1ccccc12. The number of hydrogen-bond acceptors (Lipinski definition) is 7. The van der Waals surface area contributed by atoms with Gasteiger partial charge in [-0.15, -0.1) is 0 Å². The highest BCUT2D eigenvalue weighted by Crippen LogP contribution is 2.36. The number of fused-ring (bicyclic) bond motifs is 3. The van der Waals surface area contributed by atoms with Crippen LogP contribution in [0.4, 0.5) is 5.69 Å². The van der Waals surface area contributed by atoms with Crippen LogP contribution < -0.4 is 10.1 Å². The molecule has 8 nitrogen and oxygen atoms in total. The van der Waals surface area contributed by atoms with Crippen molar-refractivity contribution in [3.63, 3.8) is 0 Å². The standard InChI is InChI=1S/C21H21NO7S/c1-12(28-21(24)13-7-8-30(25,26)11-13)20(23)22-16-10-18-15(9-19(16)27-2)14-5-3-4-6-17(14)29-18/h3-6,9-10,12-13H,7-8,11H2,1-2H3,(H,22,23). The Kier molecular flexibility index (Phi) is 5.15. The lowest BCUT2D eigenvalue weighted by molar-refractivity contribution is -0.156. The maximum Gasteiger partial charge on any atom is 0.310 e. The van der Waals surface area contributed by atoms with Crippen LogP contribution in [-0.2, 0) is 24.2 Å². The van der Waals surface area contributed by atoms with E-state index in [4.69, 9.17) is 13.9 Å². The average Bonchev–Trinajstić information content (AvgIpc) is 3.26. The molecule has 1 saturated heterocycles.